The molecule has 114 valence electrons. The molecule has 1 atom stereocenters. The highest BCUT2D eigenvalue weighted by Gasteiger charge is 2.38. The molecule has 2 N–H and O–H groups in total. The van der Waals surface area contributed by atoms with Crippen LogP contribution in [-0.4, -0.2) is 52.6 Å². The van der Waals surface area contributed by atoms with Gasteiger partial charge >= 0.3 is 6.09 Å². The van der Waals surface area contributed by atoms with Gasteiger partial charge in [-0.1, -0.05) is 0 Å². The first-order chi connectivity index (χ1) is 9.21. The molecule has 0 saturated carbocycles. The van der Waals surface area contributed by atoms with Crippen molar-refractivity contribution in [1.82, 2.24) is 4.90 Å². The summed E-state index contributed by atoms with van der Waals surface area (Å²) in [5.41, 5.74) is -1.20. The number of nitriles is 1. The number of amides is 1. The number of aliphatic hydroxyl groups is 2. The maximum absolute atomic E-state index is 11.9. The summed E-state index contributed by atoms with van der Waals surface area (Å²) >= 11 is 0. The highest BCUT2D eigenvalue weighted by atomic mass is 16.6. The Hall–Kier alpha value is -1.32. The molecule has 0 aliphatic carbocycles. The SMILES string of the molecule is CC(C)(C)OC(=O)N1CCC(C#N)(CC(O)CO)CC1. The van der Waals surface area contributed by atoms with Crippen molar-refractivity contribution in [3.8, 4) is 6.07 Å². The van der Waals surface area contributed by atoms with Crippen molar-refractivity contribution in [3.05, 3.63) is 0 Å². The lowest BCUT2D eigenvalue weighted by Gasteiger charge is -2.38. The molecule has 0 radical (unpaired) electrons. The number of likely N-dealkylation sites (tertiary alicyclic amines) is 1. The quantitative estimate of drug-likeness (QED) is 0.814. The van der Waals surface area contributed by atoms with Crippen molar-refractivity contribution in [2.75, 3.05) is 19.7 Å². The van der Waals surface area contributed by atoms with Crippen LogP contribution in [0.2, 0.25) is 0 Å². The van der Waals surface area contributed by atoms with Crippen LogP contribution < -0.4 is 0 Å². The minimum atomic E-state index is -0.886. The molecule has 20 heavy (non-hydrogen) atoms. The number of aliphatic hydroxyl groups excluding tert-OH is 2. The van der Waals surface area contributed by atoms with Crippen LogP contribution in [0.3, 0.4) is 0 Å². The highest BCUT2D eigenvalue weighted by molar-refractivity contribution is 5.68. The fourth-order valence-electron chi connectivity index (χ4n) is 2.32. The lowest BCUT2D eigenvalue weighted by Crippen LogP contribution is -2.45. The topological polar surface area (TPSA) is 93.8 Å². The van der Waals surface area contributed by atoms with E-state index in [1.165, 1.54) is 0 Å². The summed E-state index contributed by atoms with van der Waals surface area (Å²) in [7, 11) is 0. The van der Waals surface area contributed by atoms with Gasteiger partial charge in [-0.05, 0) is 40.0 Å². The zero-order valence-corrected chi connectivity index (χ0v) is 12.4. The molecule has 6 nitrogen and oxygen atoms in total. The Morgan fingerprint density at radius 3 is 2.40 bits per heavy atom. The van der Waals surface area contributed by atoms with E-state index >= 15 is 0 Å². The molecule has 1 saturated heterocycles. The van der Waals surface area contributed by atoms with Crippen LogP contribution in [0.1, 0.15) is 40.0 Å². The fourth-order valence-corrected chi connectivity index (χ4v) is 2.32. The van der Waals surface area contributed by atoms with Gasteiger partial charge in [0.15, 0.2) is 0 Å². The highest BCUT2D eigenvalue weighted by Crippen LogP contribution is 2.35. The van der Waals surface area contributed by atoms with Crippen molar-refractivity contribution in [1.29, 1.82) is 5.26 Å². The van der Waals surface area contributed by atoms with E-state index in [4.69, 9.17) is 9.84 Å². The normalized spacial score (nSPS) is 20.1. The molecule has 0 bridgehead atoms. The van der Waals surface area contributed by atoms with Crippen molar-refractivity contribution in [2.24, 2.45) is 5.41 Å². The Balaban J connectivity index is 2.57. The third kappa shape index (κ3) is 4.66. The van der Waals surface area contributed by atoms with Gasteiger partial charge in [0.25, 0.3) is 0 Å². The molecule has 6 heteroatoms. The van der Waals surface area contributed by atoms with Crippen molar-refractivity contribution in [2.45, 2.75) is 51.7 Å². The number of nitrogens with zero attached hydrogens (tertiary/aromatic N) is 2. The van der Waals surface area contributed by atoms with Gasteiger partial charge in [0.2, 0.25) is 0 Å². The maximum atomic E-state index is 11.9. The number of hydrogen-bond acceptors (Lipinski definition) is 5. The Morgan fingerprint density at radius 2 is 2.00 bits per heavy atom. The monoisotopic (exact) mass is 284 g/mol. The minimum Gasteiger partial charge on any atom is -0.444 e. The molecular weight excluding hydrogens is 260 g/mol. The number of rotatable bonds is 3. The first-order valence-corrected chi connectivity index (χ1v) is 6.89. The summed E-state index contributed by atoms with van der Waals surface area (Å²) in [6.07, 6.45) is -0.0450. The van der Waals surface area contributed by atoms with Crippen LogP contribution >= 0.6 is 0 Å². The van der Waals surface area contributed by atoms with E-state index in [-0.39, 0.29) is 19.1 Å². The number of hydrogen-bond donors (Lipinski definition) is 2. The van der Waals surface area contributed by atoms with E-state index in [1.807, 2.05) is 20.8 Å². The van der Waals surface area contributed by atoms with Crippen molar-refractivity contribution >= 4 is 6.09 Å². The molecule has 0 aromatic heterocycles. The summed E-state index contributed by atoms with van der Waals surface area (Å²) in [4.78, 5) is 13.5. The lowest BCUT2D eigenvalue weighted by molar-refractivity contribution is 0.00572. The Bertz CT molecular complexity index is 376. The van der Waals surface area contributed by atoms with Gasteiger partial charge in [-0.2, -0.15) is 5.26 Å². The summed E-state index contributed by atoms with van der Waals surface area (Å²) in [6, 6.07) is 2.24. The van der Waals surface area contributed by atoms with E-state index in [1.54, 1.807) is 4.90 Å². The van der Waals surface area contributed by atoms with Gasteiger partial charge < -0.3 is 19.8 Å². The fraction of sp³-hybridized carbons (Fsp3) is 0.857. The molecule has 1 rings (SSSR count). The van der Waals surface area contributed by atoms with E-state index in [0.29, 0.717) is 25.9 Å². The van der Waals surface area contributed by atoms with Crippen LogP contribution in [0.4, 0.5) is 4.79 Å². The van der Waals surface area contributed by atoms with Crippen molar-refractivity contribution < 1.29 is 19.7 Å². The first-order valence-electron chi connectivity index (χ1n) is 6.89. The molecule has 0 aromatic rings. The molecule has 0 spiro atoms. The number of carbonyl (C=O) groups excluding carboxylic acids is 1. The third-order valence-electron chi connectivity index (χ3n) is 3.45. The van der Waals surface area contributed by atoms with E-state index < -0.39 is 17.1 Å². The molecule has 0 aromatic carbocycles. The van der Waals surface area contributed by atoms with Crippen LogP contribution in [0.15, 0.2) is 0 Å². The average molecular weight is 284 g/mol. The molecule has 1 amide bonds. The number of carbonyl (C=O) groups is 1. The van der Waals surface area contributed by atoms with Crippen LogP contribution in [0.25, 0.3) is 0 Å². The molecule has 1 heterocycles. The Morgan fingerprint density at radius 1 is 1.45 bits per heavy atom. The summed E-state index contributed by atoms with van der Waals surface area (Å²) < 4.78 is 5.30. The molecule has 1 fully saturated rings. The largest absolute Gasteiger partial charge is 0.444 e. The van der Waals surface area contributed by atoms with Crippen LogP contribution in [0.5, 0.6) is 0 Å². The van der Waals surface area contributed by atoms with Gasteiger partial charge in [-0.3, -0.25) is 0 Å². The number of ether oxygens (including phenoxy) is 1. The van der Waals surface area contributed by atoms with Crippen LogP contribution in [0, 0.1) is 16.7 Å². The summed E-state index contributed by atoms with van der Waals surface area (Å²) in [5, 5.41) is 27.7. The van der Waals surface area contributed by atoms with Gasteiger partial charge in [-0.25, -0.2) is 4.79 Å². The summed E-state index contributed by atoms with van der Waals surface area (Å²) in [5.74, 6) is 0. The Labute approximate surface area is 119 Å². The number of piperidine rings is 1. The van der Waals surface area contributed by atoms with E-state index in [2.05, 4.69) is 6.07 Å². The zero-order valence-electron chi connectivity index (χ0n) is 12.4. The molecule has 1 aliphatic rings. The maximum Gasteiger partial charge on any atom is 0.410 e. The van der Waals surface area contributed by atoms with E-state index in [0.717, 1.165) is 0 Å². The smallest absolute Gasteiger partial charge is 0.410 e. The second-order valence-corrected chi connectivity index (χ2v) is 6.40. The van der Waals surface area contributed by atoms with Crippen LogP contribution in [-0.2, 0) is 4.74 Å². The Kier molecular flexibility index (Phi) is 5.37. The minimum absolute atomic E-state index is 0.238. The van der Waals surface area contributed by atoms with Gasteiger partial charge in [-0.15, -0.1) is 0 Å². The van der Waals surface area contributed by atoms with Gasteiger partial charge in [0, 0.05) is 13.1 Å². The second-order valence-electron chi connectivity index (χ2n) is 6.40. The average Bonchev–Trinajstić information content (AvgIpc) is 2.37. The van der Waals surface area contributed by atoms with E-state index in [9.17, 15) is 15.2 Å². The summed E-state index contributed by atoms with van der Waals surface area (Å²) in [6.45, 7) is 5.95. The predicted molar refractivity (Wildman–Crippen MR) is 72.8 cm³/mol. The molecule has 1 unspecified atom stereocenters. The zero-order chi connectivity index (χ0) is 15.4. The molecule has 1 aliphatic heterocycles. The third-order valence-corrected chi connectivity index (χ3v) is 3.45. The second kappa shape index (κ2) is 6.42. The standard InChI is InChI=1S/C14H24N2O4/c1-13(2,3)20-12(19)16-6-4-14(10-15,5-7-16)8-11(18)9-17/h11,17-18H,4-9H2,1-3H3. The van der Waals surface area contributed by atoms with Gasteiger partial charge in [0.05, 0.1) is 24.2 Å². The predicted octanol–water partition coefficient (Wildman–Crippen LogP) is 1.27. The molecular formula is C14H24N2O4. The lowest BCUT2D eigenvalue weighted by atomic mass is 9.75. The van der Waals surface area contributed by atoms with Gasteiger partial charge in [0.1, 0.15) is 5.60 Å². The van der Waals surface area contributed by atoms with Crippen molar-refractivity contribution in [3.63, 3.8) is 0 Å². The first kappa shape index (κ1) is 16.7.